The van der Waals surface area contributed by atoms with Crippen LogP contribution in [0, 0.1) is 0 Å². The Bertz CT molecular complexity index is 735. The van der Waals surface area contributed by atoms with E-state index in [1.165, 1.54) is 25.3 Å². The number of ether oxygens (including phenoxy) is 3. The number of hydrogen-bond donors (Lipinski definition) is 1. The molecule has 1 aliphatic heterocycles. The van der Waals surface area contributed by atoms with Gasteiger partial charge in [0.2, 0.25) is 0 Å². The molecule has 0 radical (unpaired) electrons. The molecule has 31 heavy (non-hydrogen) atoms. The van der Waals surface area contributed by atoms with Crippen molar-refractivity contribution in [3.8, 4) is 5.75 Å². The zero-order valence-electron chi connectivity index (χ0n) is 18.4. The van der Waals surface area contributed by atoms with Crippen molar-refractivity contribution in [2.45, 2.75) is 44.6 Å². The highest BCUT2D eigenvalue weighted by Crippen LogP contribution is 2.33. The number of carbonyl (C=O) groups excluding carboxylic acids is 2. The van der Waals surface area contributed by atoms with Crippen LogP contribution in [0.2, 0.25) is 0 Å². The monoisotopic (exact) mass is 430 g/mol. The molecule has 3 rings (SSSR count). The maximum absolute atomic E-state index is 12.3. The third kappa shape index (κ3) is 7.08. The van der Waals surface area contributed by atoms with E-state index in [-0.39, 0.29) is 18.1 Å². The number of amides is 1. The number of morpholine rings is 1. The predicted molar refractivity (Wildman–Crippen MR) is 119 cm³/mol. The van der Waals surface area contributed by atoms with Crippen molar-refractivity contribution >= 4 is 18.0 Å². The molecule has 0 unspecified atom stereocenters. The van der Waals surface area contributed by atoms with Crippen LogP contribution >= 0.6 is 0 Å². The largest absolute Gasteiger partial charge is 0.494 e. The minimum atomic E-state index is -0.537. The van der Waals surface area contributed by atoms with Gasteiger partial charge in [0.15, 0.2) is 6.61 Å². The van der Waals surface area contributed by atoms with Gasteiger partial charge in [-0.15, -0.1) is 0 Å². The molecular formula is C24H34N2O5. The summed E-state index contributed by atoms with van der Waals surface area (Å²) in [6, 6.07) is 7.41. The first kappa shape index (κ1) is 23.3. The SMILES string of the molecule is CCOc1ccc(/C=C/C(=O)OCC(=O)NCC2(N3CCOCC3)CCCCC2)cc1. The van der Waals surface area contributed by atoms with Crippen LogP contribution in [0.5, 0.6) is 5.75 Å². The second kappa shape index (κ2) is 11.9. The molecule has 170 valence electrons. The van der Waals surface area contributed by atoms with Gasteiger partial charge >= 0.3 is 5.97 Å². The molecule has 1 aromatic carbocycles. The van der Waals surface area contributed by atoms with Gasteiger partial charge in [-0.1, -0.05) is 31.4 Å². The minimum absolute atomic E-state index is 0.00471. The molecule has 2 fully saturated rings. The summed E-state index contributed by atoms with van der Waals surface area (Å²) in [5.41, 5.74) is 0.851. The van der Waals surface area contributed by atoms with Crippen molar-refractivity contribution in [2.24, 2.45) is 0 Å². The Balaban J connectivity index is 1.43. The summed E-state index contributed by atoms with van der Waals surface area (Å²) >= 11 is 0. The van der Waals surface area contributed by atoms with Crippen LogP contribution in [0.25, 0.3) is 6.08 Å². The third-order valence-electron chi connectivity index (χ3n) is 6.03. The van der Waals surface area contributed by atoms with E-state index in [1.807, 2.05) is 31.2 Å². The fourth-order valence-electron chi connectivity index (χ4n) is 4.36. The molecule has 0 spiro atoms. The average Bonchev–Trinajstić information content (AvgIpc) is 2.82. The van der Waals surface area contributed by atoms with Gasteiger partial charge in [-0.25, -0.2) is 4.79 Å². The number of rotatable bonds is 9. The van der Waals surface area contributed by atoms with Gasteiger partial charge < -0.3 is 19.5 Å². The van der Waals surface area contributed by atoms with E-state index in [9.17, 15) is 9.59 Å². The summed E-state index contributed by atoms with van der Waals surface area (Å²) in [6.07, 6.45) is 8.76. The standard InChI is InChI=1S/C24H34N2O5/c1-2-30-21-9-6-20(7-10-21)8-11-23(28)31-18-22(27)25-19-24(12-4-3-5-13-24)26-14-16-29-17-15-26/h6-11H,2-5,12-19H2,1H3,(H,25,27)/b11-8+. The van der Waals surface area contributed by atoms with E-state index in [0.717, 1.165) is 50.5 Å². The highest BCUT2D eigenvalue weighted by atomic mass is 16.5. The van der Waals surface area contributed by atoms with Crippen molar-refractivity contribution in [1.29, 1.82) is 0 Å². The molecule has 1 aliphatic carbocycles. The number of nitrogens with zero attached hydrogens (tertiary/aromatic N) is 1. The summed E-state index contributed by atoms with van der Waals surface area (Å²) in [7, 11) is 0. The Labute approximate surface area is 184 Å². The van der Waals surface area contributed by atoms with Gasteiger partial charge in [-0.2, -0.15) is 0 Å². The second-order valence-corrected chi connectivity index (χ2v) is 8.10. The van der Waals surface area contributed by atoms with Crippen molar-refractivity contribution in [3.63, 3.8) is 0 Å². The number of esters is 1. The van der Waals surface area contributed by atoms with Gasteiger partial charge in [0.05, 0.1) is 19.8 Å². The molecule has 1 aromatic rings. The second-order valence-electron chi connectivity index (χ2n) is 8.10. The third-order valence-corrected chi connectivity index (χ3v) is 6.03. The lowest BCUT2D eigenvalue weighted by Gasteiger charge is -2.48. The lowest BCUT2D eigenvalue weighted by atomic mass is 9.79. The molecule has 0 bridgehead atoms. The first-order valence-corrected chi connectivity index (χ1v) is 11.3. The molecule has 1 heterocycles. The summed E-state index contributed by atoms with van der Waals surface area (Å²) in [5, 5.41) is 3.00. The van der Waals surface area contributed by atoms with Crippen LogP contribution in [-0.4, -0.2) is 68.4 Å². The Morgan fingerprint density at radius 3 is 2.52 bits per heavy atom. The quantitative estimate of drug-likeness (QED) is 0.480. The Morgan fingerprint density at radius 1 is 1.13 bits per heavy atom. The lowest BCUT2D eigenvalue weighted by Crippen LogP contribution is -2.59. The van der Waals surface area contributed by atoms with Crippen LogP contribution in [0.1, 0.15) is 44.6 Å². The molecule has 0 aromatic heterocycles. The maximum atomic E-state index is 12.3. The predicted octanol–water partition coefficient (Wildman–Crippen LogP) is 2.79. The topological polar surface area (TPSA) is 77.1 Å². The fraction of sp³-hybridized carbons (Fsp3) is 0.583. The number of benzene rings is 1. The Hall–Kier alpha value is -2.38. The molecule has 1 saturated heterocycles. The molecule has 7 heteroatoms. The number of nitrogens with one attached hydrogen (secondary N) is 1. The van der Waals surface area contributed by atoms with Crippen LogP contribution in [-0.2, 0) is 19.1 Å². The van der Waals surface area contributed by atoms with Gasteiger partial charge in [-0.3, -0.25) is 9.69 Å². The van der Waals surface area contributed by atoms with Gasteiger partial charge in [0.1, 0.15) is 5.75 Å². The molecule has 1 N–H and O–H groups in total. The van der Waals surface area contributed by atoms with E-state index in [0.29, 0.717) is 13.2 Å². The van der Waals surface area contributed by atoms with Crippen LogP contribution in [0.4, 0.5) is 0 Å². The molecule has 2 aliphatic rings. The smallest absolute Gasteiger partial charge is 0.331 e. The van der Waals surface area contributed by atoms with Gasteiger partial charge in [-0.05, 0) is 43.5 Å². The molecule has 7 nitrogen and oxygen atoms in total. The average molecular weight is 431 g/mol. The van der Waals surface area contributed by atoms with E-state index in [1.54, 1.807) is 6.08 Å². The van der Waals surface area contributed by atoms with Crippen molar-refractivity contribution in [2.75, 3.05) is 46.1 Å². The van der Waals surface area contributed by atoms with E-state index >= 15 is 0 Å². The molecular weight excluding hydrogens is 396 g/mol. The normalized spacial score (nSPS) is 19.1. The van der Waals surface area contributed by atoms with Gasteiger partial charge in [0, 0.05) is 31.2 Å². The van der Waals surface area contributed by atoms with Crippen LogP contribution in [0.15, 0.2) is 30.3 Å². The summed E-state index contributed by atoms with van der Waals surface area (Å²) in [5.74, 6) is -0.0164. The van der Waals surface area contributed by atoms with E-state index in [2.05, 4.69) is 10.2 Å². The Morgan fingerprint density at radius 2 is 1.84 bits per heavy atom. The van der Waals surface area contributed by atoms with Crippen LogP contribution < -0.4 is 10.1 Å². The highest BCUT2D eigenvalue weighted by Gasteiger charge is 2.38. The molecule has 1 amide bonds. The number of carbonyl (C=O) groups is 2. The summed E-state index contributed by atoms with van der Waals surface area (Å²) < 4.78 is 16.0. The van der Waals surface area contributed by atoms with Crippen LogP contribution in [0.3, 0.4) is 0 Å². The first-order valence-electron chi connectivity index (χ1n) is 11.3. The van der Waals surface area contributed by atoms with Crippen molar-refractivity contribution in [3.05, 3.63) is 35.9 Å². The summed E-state index contributed by atoms with van der Waals surface area (Å²) in [6.45, 7) is 6.15. The maximum Gasteiger partial charge on any atom is 0.331 e. The van der Waals surface area contributed by atoms with E-state index < -0.39 is 5.97 Å². The van der Waals surface area contributed by atoms with E-state index in [4.69, 9.17) is 14.2 Å². The first-order chi connectivity index (χ1) is 15.1. The molecule has 1 saturated carbocycles. The number of hydrogen-bond acceptors (Lipinski definition) is 6. The zero-order chi connectivity index (χ0) is 21.9. The minimum Gasteiger partial charge on any atom is -0.494 e. The summed E-state index contributed by atoms with van der Waals surface area (Å²) in [4.78, 5) is 26.8. The van der Waals surface area contributed by atoms with Crippen molar-refractivity contribution in [1.82, 2.24) is 10.2 Å². The Kier molecular flexibility index (Phi) is 8.91. The fourth-order valence-corrected chi connectivity index (χ4v) is 4.36. The van der Waals surface area contributed by atoms with Crippen molar-refractivity contribution < 1.29 is 23.8 Å². The highest BCUT2D eigenvalue weighted by molar-refractivity contribution is 5.89. The van der Waals surface area contributed by atoms with Gasteiger partial charge in [0.25, 0.3) is 5.91 Å². The lowest BCUT2D eigenvalue weighted by molar-refractivity contribution is -0.144. The zero-order valence-corrected chi connectivity index (χ0v) is 18.4. The molecule has 0 atom stereocenters.